The molecule has 1 aliphatic heterocycles. The molecule has 0 radical (unpaired) electrons. The number of methoxy groups -OCH3 is 1. The summed E-state index contributed by atoms with van der Waals surface area (Å²) >= 11 is 0. The van der Waals surface area contributed by atoms with Gasteiger partial charge in [-0.2, -0.15) is 0 Å². The summed E-state index contributed by atoms with van der Waals surface area (Å²) in [6.07, 6.45) is 0.507. The average Bonchev–Trinajstić information content (AvgIpc) is 2.86. The normalized spacial score (nSPS) is 22.3. The Morgan fingerprint density at radius 2 is 2.09 bits per heavy atom. The predicted molar refractivity (Wildman–Crippen MR) is 89.1 cm³/mol. The van der Waals surface area contributed by atoms with E-state index in [1.807, 2.05) is 0 Å². The number of ether oxygens (including phenoxy) is 1. The first-order valence-electron chi connectivity index (χ1n) is 8.03. The standard InChI is InChI=1S/C18H28N2O2/c1-12(2)20-10-16(17(11-20)22-5)19-18(21)9-15-8-13(3)6-7-14(15)4/h6-8,12,16-17H,9-11H2,1-5H3,(H,19,21)/t16-,17-/m0/s1. The van der Waals surface area contributed by atoms with Crippen molar-refractivity contribution in [2.75, 3.05) is 20.2 Å². The summed E-state index contributed by atoms with van der Waals surface area (Å²) in [7, 11) is 1.72. The Bertz CT molecular complexity index is 528. The third kappa shape index (κ3) is 4.08. The largest absolute Gasteiger partial charge is 0.378 e. The van der Waals surface area contributed by atoms with E-state index in [9.17, 15) is 4.79 Å². The first-order chi connectivity index (χ1) is 10.4. The smallest absolute Gasteiger partial charge is 0.224 e. The molecule has 0 unspecified atom stereocenters. The number of rotatable bonds is 5. The van der Waals surface area contributed by atoms with Crippen LogP contribution in [0.1, 0.15) is 30.5 Å². The van der Waals surface area contributed by atoms with E-state index in [-0.39, 0.29) is 18.1 Å². The summed E-state index contributed by atoms with van der Waals surface area (Å²) in [6.45, 7) is 10.2. The average molecular weight is 304 g/mol. The quantitative estimate of drug-likeness (QED) is 0.905. The summed E-state index contributed by atoms with van der Waals surface area (Å²) in [5.74, 6) is 0.0753. The van der Waals surface area contributed by atoms with Crippen LogP contribution in [0, 0.1) is 13.8 Å². The molecule has 1 aromatic rings. The molecule has 1 amide bonds. The van der Waals surface area contributed by atoms with E-state index in [0.717, 1.165) is 18.7 Å². The third-order valence-corrected chi connectivity index (χ3v) is 4.53. The highest BCUT2D eigenvalue weighted by atomic mass is 16.5. The van der Waals surface area contributed by atoms with Crippen molar-refractivity contribution < 1.29 is 9.53 Å². The van der Waals surface area contributed by atoms with E-state index in [1.165, 1.54) is 11.1 Å². The minimum Gasteiger partial charge on any atom is -0.378 e. The van der Waals surface area contributed by atoms with Crippen LogP contribution >= 0.6 is 0 Å². The second-order valence-corrected chi connectivity index (χ2v) is 6.60. The van der Waals surface area contributed by atoms with Gasteiger partial charge in [0.25, 0.3) is 0 Å². The van der Waals surface area contributed by atoms with Gasteiger partial charge in [-0.25, -0.2) is 0 Å². The number of hydrogen-bond donors (Lipinski definition) is 1. The predicted octanol–water partition coefficient (Wildman–Crippen LogP) is 2.07. The van der Waals surface area contributed by atoms with Gasteiger partial charge in [0.1, 0.15) is 0 Å². The van der Waals surface area contributed by atoms with Gasteiger partial charge in [0.2, 0.25) is 5.91 Å². The monoisotopic (exact) mass is 304 g/mol. The van der Waals surface area contributed by atoms with E-state index >= 15 is 0 Å². The van der Waals surface area contributed by atoms with Crippen LogP contribution < -0.4 is 5.32 Å². The molecule has 1 aliphatic rings. The van der Waals surface area contributed by atoms with Gasteiger partial charge in [-0.05, 0) is 38.8 Å². The molecule has 0 saturated carbocycles. The van der Waals surface area contributed by atoms with Gasteiger partial charge in [0.05, 0.1) is 18.6 Å². The van der Waals surface area contributed by atoms with Crippen molar-refractivity contribution in [1.82, 2.24) is 10.2 Å². The molecule has 0 aliphatic carbocycles. The lowest BCUT2D eigenvalue weighted by Gasteiger charge is -2.20. The molecule has 1 N–H and O–H groups in total. The highest BCUT2D eigenvalue weighted by Crippen LogP contribution is 2.17. The highest BCUT2D eigenvalue weighted by molar-refractivity contribution is 5.79. The van der Waals surface area contributed by atoms with Gasteiger partial charge in [-0.15, -0.1) is 0 Å². The number of likely N-dealkylation sites (tertiary alicyclic amines) is 1. The molecule has 22 heavy (non-hydrogen) atoms. The van der Waals surface area contributed by atoms with Crippen LogP contribution in [0.4, 0.5) is 0 Å². The zero-order valence-corrected chi connectivity index (χ0v) is 14.3. The summed E-state index contributed by atoms with van der Waals surface area (Å²) in [6, 6.07) is 6.79. The van der Waals surface area contributed by atoms with Crippen molar-refractivity contribution in [1.29, 1.82) is 0 Å². The number of benzene rings is 1. The van der Waals surface area contributed by atoms with E-state index in [1.54, 1.807) is 7.11 Å². The lowest BCUT2D eigenvalue weighted by atomic mass is 10.0. The third-order valence-electron chi connectivity index (χ3n) is 4.53. The highest BCUT2D eigenvalue weighted by Gasteiger charge is 2.34. The molecule has 1 saturated heterocycles. The molecule has 1 heterocycles. The van der Waals surface area contributed by atoms with Gasteiger partial charge in [0.15, 0.2) is 0 Å². The Balaban J connectivity index is 1.98. The summed E-state index contributed by atoms with van der Waals surface area (Å²) in [5, 5.41) is 3.15. The molecule has 4 nitrogen and oxygen atoms in total. The molecule has 0 bridgehead atoms. The number of carbonyl (C=O) groups excluding carboxylic acids is 1. The number of nitrogens with zero attached hydrogens (tertiary/aromatic N) is 1. The molecular weight excluding hydrogens is 276 g/mol. The molecule has 1 fully saturated rings. The van der Waals surface area contributed by atoms with Crippen LogP contribution in [0.25, 0.3) is 0 Å². The van der Waals surface area contributed by atoms with Crippen molar-refractivity contribution in [3.05, 3.63) is 34.9 Å². The summed E-state index contributed by atoms with van der Waals surface area (Å²) in [4.78, 5) is 14.7. The van der Waals surface area contributed by atoms with Crippen LogP contribution in [0.15, 0.2) is 18.2 Å². The zero-order valence-electron chi connectivity index (χ0n) is 14.3. The molecule has 0 aromatic heterocycles. The number of nitrogens with one attached hydrogen (secondary N) is 1. The Hall–Kier alpha value is -1.39. The van der Waals surface area contributed by atoms with Crippen LogP contribution in [-0.2, 0) is 16.0 Å². The Morgan fingerprint density at radius 1 is 1.36 bits per heavy atom. The second-order valence-electron chi connectivity index (χ2n) is 6.60. The van der Waals surface area contributed by atoms with Crippen LogP contribution in [-0.4, -0.2) is 49.2 Å². The number of aryl methyl sites for hydroxylation is 2. The fourth-order valence-electron chi connectivity index (χ4n) is 3.02. The van der Waals surface area contributed by atoms with Crippen molar-refractivity contribution in [2.24, 2.45) is 0 Å². The maximum atomic E-state index is 12.4. The molecular formula is C18H28N2O2. The topological polar surface area (TPSA) is 41.6 Å². The van der Waals surface area contributed by atoms with E-state index in [0.29, 0.717) is 12.5 Å². The van der Waals surface area contributed by atoms with Crippen molar-refractivity contribution in [2.45, 2.75) is 52.3 Å². The van der Waals surface area contributed by atoms with Crippen molar-refractivity contribution in [3.63, 3.8) is 0 Å². The van der Waals surface area contributed by atoms with E-state index in [4.69, 9.17) is 4.74 Å². The van der Waals surface area contributed by atoms with Gasteiger partial charge in [-0.1, -0.05) is 23.8 Å². The fraction of sp³-hybridized carbons (Fsp3) is 0.611. The van der Waals surface area contributed by atoms with Gasteiger partial charge >= 0.3 is 0 Å². The number of amides is 1. The van der Waals surface area contributed by atoms with E-state index < -0.39 is 0 Å². The van der Waals surface area contributed by atoms with Gasteiger partial charge in [0, 0.05) is 26.2 Å². The minimum absolute atomic E-state index is 0.0740. The van der Waals surface area contributed by atoms with Crippen LogP contribution in [0.3, 0.4) is 0 Å². The SMILES string of the molecule is CO[C@H]1CN(C(C)C)C[C@@H]1NC(=O)Cc1cc(C)ccc1C. The minimum atomic E-state index is 0.0740. The maximum absolute atomic E-state index is 12.4. The molecule has 2 rings (SSSR count). The number of hydrogen-bond acceptors (Lipinski definition) is 3. The van der Waals surface area contributed by atoms with Gasteiger partial charge < -0.3 is 10.1 Å². The Labute approximate surface area is 133 Å². The molecule has 2 atom stereocenters. The molecule has 0 spiro atoms. The zero-order chi connectivity index (χ0) is 16.3. The van der Waals surface area contributed by atoms with Gasteiger partial charge in [-0.3, -0.25) is 9.69 Å². The summed E-state index contributed by atoms with van der Waals surface area (Å²) < 4.78 is 5.54. The summed E-state index contributed by atoms with van der Waals surface area (Å²) in [5.41, 5.74) is 3.46. The first kappa shape index (κ1) is 17.0. The van der Waals surface area contributed by atoms with Crippen LogP contribution in [0.5, 0.6) is 0 Å². The fourth-order valence-corrected chi connectivity index (χ4v) is 3.02. The lowest BCUT2D eigenvalue weighted by molar-refractivity contribution is -0.121. The van der Waals surface area contributed by atoms with Crippen molar-refractivity contribution in [3.8, 4) is 0 Å². The molecule has 122 valence electrons. The molecule has 1 aromatic carbocycles. The Morgan fingerprint density at radius 3 is 2.73 bits per heavy atom. The van der Waals surface area contributed by atoms with Crippen LogP contribution in [0.2, 0.25) is 0 Å². The maximum Gasteiger partial charge on any atom is 0.224 e. The van der Waals surface area contributed by atoms with Crippen molar-refractivity contribution >= 4 is 5.91 Å². The number of carbonyl (C=O) groups is 1. The van der Waals surface area contributed by atoms with E-state index in [2.05, 4.69) is 56.1 Å². The Kier molecular flexibility index (Phi) is 5.59. The lowest BCUT2D eigenvalue weighted by Crippen LogP contribution is -2.44. The second kappa shape index (κ2) is 7.25. The molecule has 4 heteroatoms. The first-order valence-corrected chi connectivity index (χ1v) is 8.03.